The third-order valence-corrected chi connectivity index (χ3v) is 2.45. The first-order valence-electron chi connectivity index (χ1n) is 4.76. The number of hydrogen-bond acceptors (Lipinski definition) is 0. The third kappa shape index (κ3) is 1.54. The highest BCUT2D eigenvalue weighted by Gasteiger charge is 2.05. The first kappa shape index (κ1) is 8.97. The summed E-state index contributed by atoms with van der Waals surface area (Å²) in [5.74, 6) is 0. The van der Waals surface area contributed by atoms with Crippen molar-refractivity contribution in [3.05, 3.63) is 54.1 Å². The second kappa shape index (κ2) is 3.64. The number of quaternary nitrogens is 1. The number of hydrogen-bond donors (Lipinski definition) is 1. The van der Waals surface area contributed by atoms with E-state index in [9.17, 15) is 0 Å². The fourth-order valence-corrected chi connectivity index (χ4v) is 1.66. The van der Waals surface area contributed by atoms with Gasteiger partial charge in [-0.2, -0.15) is 0 Å². The molecule has 0 atom stereocenters. The minimum atomic E-state index is 1.09. The summed E-state index contributed by atoms with van der Waals surface area (Å²) in [6.45, 7) is 2.13. The molecule has 2 rings (SSSR count). The highest BCUT2D eigenvalue weighted by Crippen LogP contribution is 2.26. The second-order valence-electron chi connectivity index (χ2n) is 3.47. The fourth-order valence-electron chi connectivity index (χ4n) is 1.66. The lowest BCUT2D eigenvalue weighted by atomic mass is 9.99. The molecule has 0 saturated carbocycles. The van der Waals surface area contributed by atoms with Crippen LogP contribution >= 0.6 is 0 Å². The van der Waals surface area contributed by atoms with Crippen molar-refractivity contribution in [3.8, 4) is 11.1 Å². The molecule has 0 unspecified atom stereocenters. The van der Waals surface area contributed by atoms with Gasteiger partial charge in [-0.1, -0.05) is 36.4 Å². The van der Waals surface area contributed by atoms with Crippen LogP contribution in [0.3, 0.4) is 0 Å². The summed E-state index contributed by atoms with van der Waals surface area (Å²) < 4.78 is 0. The highest BCUT2D eigenvalue weighted by molar-refractivity contribution is 5.75. The van der Waals surface area contributed by atoms with E-state index in [0.717, 1.165) is 5.69 Å². The van der Waals surface area contributed by atoms with Crippen molar-refractivity contribution in [2.24, 2.45) is 0 Å². The lowest BCUT2D eigenvalue weighted by Gasteiger charge is -2.05. The molecular weight excluding hydrogens is 170 g/mol. The van der Waals surface area contributed by atoms with Gasteiger partial charge in [-0.3, -0.25) is 0 Å². The van der Waals surface area contributed by atoms with Crippen molar-refractivity contribution in [1.82, 2.24) is 0 Å². The molecule has 1 nitrogen and oxygen atoms in total. The lowest BCUT2D eigenvalue weighted by Crippen LogP contribution is -2.40. The molecule has 0 amide bonds. The Hall–Kier alpha value is -1.60. The number of aryl methyl sites for hydroxylation is 1. The van der Waals surface area contributed by atoms with Crippen molar-refractivity contribution in [1.29, 1.82) is 0 Å². The van der Waals surface area contributed by atoms with Crippen LogP contribution in [0.15, 0.2) is 48.5 Å². The number of rotatable bonds is 1. The molecule has 3 N–H and O–H groups in total. The topological polar surface area (TPSA) is 27.6 Å². The van der Waals surface area contributed by atoms with Crippen LogP contribution in [0.5, 0.6) is 0 Å². The third-order valence-electron chi connectivity index (χ3n) is 2.45. The van der Waals surface area contributed by atoms with E-state index < -0.39 is 0 Å². The summed E-state index contributed by atoms with van der Waals surface area (Å²) in [5.41, 5.74) is 8.92. The average Bonchev–Trinajstić information content (AvgIpc) is 2.20. The van der Waals surface area contributed by atoms with E-state index >= 15 is 0 Å². The lowest BCUT2D eigenvalue weighted by molar-refractivity contribution is -0.253. The van der Waals surface area contributed by atoms with Gasteiger partial charge < -0.3 is 5.73 Å². The van der Waals surface area contributed by atoms with Crippen LogP contribution in [0, 0.1) is 6.92 Å². The SMILES string of the molecule is Cc1ccccc1-c1ccccc1[NH3+]. The first-order chi connectivity index (χ1) is 6.79. The molecule has 70 valence electrons. The molecule has 2 aromatic carbocycles. The van der Waals surface area contributed by atoms with Gasteiger partial charge in [0.2, 0.25) is 0 Å². The Bertz CT molecular complexity index is 403. The second-order valence-corrected chi connectivity index (χ2v) is 3.47. The standard InChI is InChI=1S/C13H13N/c1-10-6-2-3-7-11(10)12-8-4-5-9-13(12)14/h2-9H,14H2,1H3/p+1. The zero-order valence-corrected chi connectivity index (χ0v) is 8.33. The molecule has 0 bridgehead atoms. The quantitative estimate of drug-likeness (QED) is 0.705. The monoisotopic (exact) mass is 184 g/mol. The maximum absolute atomic E-state index is 4.04. The van der Waals surface area contributed by atoms with Gasteiger partial charge in [0.1, 0.15) is 5.69 Å². The molecule has 2 aromatic rings. The van der Waals surface area contributed by atoms with E-state index in [0.29, 0.717) is 0 Å². The molecule has 0 aliphatic rings. The van der Waals surface area contributed by atoms with Gasteiger partial charge in [0, 0.05) is 5.56 Å². The molecule has 1 heteroatoms. The van der Waals surface area contributed by atoms with Crippen LogP contribution in [0.25, 0.3) is 11.1 Å². The minimum absolute atomic E-state index is 1.09. The molecule has 0 aliphatic carbocycles. The molecule has 14 heavy (non-hydrogen) atoms. The summed E-state index contributed by atoms with van der Waals surface area (Å²) in [7, 11) is 0. The highest BCUT2D eigenvalue weighted by atomic mass is 14.6. The van der Waals surface area contributed by atoms with Crippen LogP contribution in [-0.2, 0) is 0 Å². The molecule has 0 heterocycles. The van der Waals surface area contributed by atoms with Crippen LogP contribution in [0.4, 0.5) is 5.69 Å². The van der Waals surface area contributed by atoms with Crippen LogP contribution in [0.2, 0.25) is 0 Å². The Morgan fingerprint density at radius 3 is 2.00 bits per heavy atom. The van der Waals surface area contributed by atoms with Gasteiger partial charge in [-0.05, 0) is 30.2 Å². The van der Waals surface area contributed by atoms with E-state index in [4.69, 9.17) is 0 Å². The van der Waals surface area contributed by atoms with E-state index in [2.05, 4.69) is 49.1 Å². The van der Waals surface area contributed by atoms with Crippen molar-refractivity contribution < 1.29 is 5.73 Å². The molecule has 0 spiro atoms. The predicted molar refractivity (Wildman–Crippen MR) is 59.2 cm³/mol. The van der Waals surface area contributed by atoms with Gasteiger partial charge in [-0.15, -0.1) is 0 Å². The first-order valence-corrected chi connectivity index (χ1v) is 4.76. The summed E-state index contributed by atoms with van der Waals surface area (Å²) in [6, 6.07) is 16.6. The molecule has 0 saturated heterocycles. The van der Waals surface area contributed by atoms with Gasteiger partial charge in [0.25, 0.3) is 0 Å². The fraction of sp³-hybridized carbons (Fsp3) is 0.0769. The minimum Gasteiger partial charge on any atom is -0.325 e. The van der Waals surface area contributed by atoms with Gasteiger partial charge >= 0.3 is 0 Å². The average molecular weight is 184 g/mol. The van der Waals surface area contributed by atoms with E-state index in [1.807, 2.05) is 12.1 Å². The van der Waals surface area contributed by atoms with E-state index in [1.165, 1.54) is 16.7 Å². The van der Waals surface area contributed by atoms with Crippen LogP contribution in [-0.4, -0.2) is 0 Å². The summed E-state index contributed by atoms with van der Waals surface area (Å²) in [4.78, 5) is 0. The molecule has 0 radical (unpaired) electrons. The van der Waals surface area contributed by atoms with Crippen LogP contribution in [0.1, 0.15) is 5.56 Å². The summed E-state index contributed by atoms with van der Waals surface area (Å²) in [6.07, 6.45) is 0. The Morgan fingerprint density at radius 1 is 0.786 bits per heavy atom. The van der Waals surface area contributed by atoms with Gasteiger partial charge in [0.05, 0.1) is 0 Å². The van der Waals surface area contributed by atoms with Crippen molar-refractivity contribution in [3.63, 3.8) is 0 Å². The van der Waals surface area contributed by atoms with Gasteiger partial charge in [-0.25, -0.2) is 0 Å². The Balaban J connectivity index is 2.61. The Labute approximate surface area is 84.2 Å². The van der Waals surface area contributed by atoms with Gasteiger partial charge in [0.15, 0.2) is 0 Å². The smallest absolute Gasteiger partial charge is 0.135 e. The van der Waals surface area contributed by atoms with Crippen molar-refractivity contribution in [2.75, 3.05) is 0 Å². The molecular formula is C13H14N+. The maximum atomic E-state index is 4.04. The zero-order chi connectivity index (χ0) is 9.97. The maximum Gasteiger partial charge on any atom is 0.135 e. The zero-order valence-electron chi connectivity index (χ0n) is 8.33. The Morgan fingerprint density at radius 2 is 1.36 bits per heavy atom. The predicted octanol–water partition coefficient (Wildman–Crippen LogP) is 2.54. The molecule has 0 aromatic heterocycles. The van der Waals surface area contributed by atoms with Crippen molar-refractivity contribution in [2.45, 2.75) is 6.92 Å². The summed E-state index contributed by atoms with van der Waals surface area (Å²) >= 11 is 0. The molecule has 0 fully saturated rings. The molecule has 0 aliphatic heterocycles. The van der Waals surface area contributed by atoms with E-state index in [1.54, 1.807) is 0 Å². The number of benzene rings is 2. The largest absolute Gasteiger partial charge is 0.325 e. The van der Waals surface area contributed by atoms with Crippen LogP contribution < -0.4 is 5.73 Å². The Kier molecular flexibility index (Phi) is 2.33. The van der Waals surface area contributed by atoms with E-state index in [-0.39, 0.29) is 0 Å². The normalized spacial score (nSPS) is 10.1. The summed E-state index contributed by atoms with van der Waals surface area (Å²) in [5, 5.41) is 0. The van der Waals surface area contributed by atoms with Crippen molar-refractivity contribution >= 4 is 5.69 Å².